The first-order valence-corrected chi connectivity index (χ1v) is 8.98. The Morgan fingerprint density at radius 2 is 1.96 bits per heavy atom. The second kappa shape index (κ2) is 6.54. The van der Waals surface area contributed by atoms with E-state index in [2.05, 4.69) is 6.07 Å². The average molecular weight is 346 g/mol. The molecule has 1 atom stereocenters. The summed E-state index contributed by atoms with van der Waals surface area (Å²) in [6.07, 6.45) is 3.61. The third-order valence-electron chi connectivity index (χ3n) is 4.91. The van der Waals surface area contributed by atoms with Crippen LogP contribution in [0.15, 0.2) is 65.3 Å². The summed E-state index contributed by atoms with van der Waals surface area (Å²) in [5, 5.41) is 0. The molecule has 0 radical (unpaired) electrons. The highest BCUT2D eigenvalue weighted by Gasteiger charge is 2.46. The summed E-state index contributed by atoms with van der Waals surface area (Å²) in [6, 6.07) is 17.9. The average Bonchev–Trinajstić information content (AvgIpc) is 3.21. The van der Waals surface area contributed by atoms with Crippen molar-refractivity contribution in [3.63, 3.8) is 0 Å². The van der Waals surface area contributed by atoms with Crippen molar-refractivity contribution in [2.75, 3.05) is 6.61 Å². The van der Waals surface area contributed by atoms with Gasteiger partial charge in [-0.3, -0.25) is 9.69 Å². The Labute approximate surface area is 153 Å². The van der Waals surface area contributed by atoms with E-state index in [1.54, 1.807) is 4.90 Å². The van der Waals surface area contributed by atoms with E-state index in [1.165, 1.54) is 0 Å². The quantitative estimate of drug-likeness (QED) is 0.784. The van der Waals surface area contributed by atoms with Crippen LogP contribution < -0.4 is 0 Å². The summed E-state index contributed by atoms with van der Waals surface area (Å²) in [5.41, 5.74) is 2.86. The molecular weight excluding hydrogens is 324 g/mol. The molecule has 0 aromatic heterocycles. The molecule has 2 aliphatic heterocycles. The molecule has 2 aliphatic rings. The highest BCUT2D eigenvalue weighted by molar-refractivity contribution is 6.20. The smallest absolute Gasteiger partial charge is 0.280 e. The first-order chi connectivity index (χ1) is 12.6. The predicted molar refractivity (Wildman–Crippen MR) is 103 cm³/mol. The number of aryl methyl sites for hydroxylation is 1. The minimum atomic E-state index is -0.645. The van der Waals surface area contributed by atoms with Gasteiger partial charge in [-0.15, -0.1) is 0 Å². The molecule has 4 nitrogen and oxygen atoms in total. The zero-order valence-corrected chi connectivity index (χ0v) is 15.1. The van der Waals surface area contributed by atoms with Crippen LogP contribution >= 0.6 is 0 Å². The number of carbonyl (C=O) groups is 1. The minimum absolute atomic E-state index is 0.102. The van der Waals surface area contributed by atoms with Crippen molar-refractivity contribution in [2.24, 2.45) is 4.99 Å². The number of hydrogen-bond donors (Lipinski definition) is 0. The van der Waals surface area contributed by atoms with Gasteiger partial charge in [-0.1, -0.05) is 60.2 Å². The first kappa shape index (κ1) is 16.7. The molecule has 2 heterocycles. The van der Waals surface area contributed by atoms with Crippen molar-refractivity contribution >= 4 is 17.8 Å². The Morgan fingerprint density at radius 1 is 1.15 bits per heavy atom. The van der Waals surface area contributed by atoms with E-state index in [1.807, 2.05) is 68.5 Å². The van der Waals surface area contributed by atoms with Crippen LogP contribution in [-0.4, -0.2) is 29.0 Å². The third kappa shape index (κ3) is 2.97. The van der Waals surface area contributed by atoms with Gasteiger partial charge in [0.05, 0.1) is 0 Å². The fraction of sp³-hybridized carbons (Fsp3) is 0.273. The van der Waals surface area contributed by atoms with Crippen LogP contribution in [0.4, 0.5) is 0 Å². The molecule has 0 aliphatic carbocycles. The number of nitrogens with zero attached hydrogens (tertiary/aromatic N) is 2. The standard InChI is InChI=1S/C22H22N2O2/c1-16-8-6-9-17(14-16)15-19-21(25)24(22(2)12-7-13-26-22)20(23-19)18-10-4-3-5-11-18/h3-6,8-11,14-15H,7,12-13H2,1-2H3. The molecule has 132 valence electrons. The molecule has 2 aromatic carbocycles. The van der Waals surface area contributed by atoms with E-state index in [4.69, 9.17) is 9.73 Å². The van der Waals surface area contributed by atoms with E-state index in [0.717, 1.165) is 29.5 Å². The van der Waals surface area contributed by atoms with Crippen molar-refractivity contribution in [3.05, 3.63) is 77.0 Å². The van der Waals surface area contributed by atoms with Crippen LogP contribution in [-0.2, 0) is 9.53 Å². The maximum Gasteiger partial charge on any atom is 0.280 e. The SMILES string of the molecule is Cc1cccc(C=C2N=C(c3ccccc3)N(C3(C)CCCO3)C2=O)c1. The molecule has 0 N–H and O–H groups in total. The fourth-order valence-electron chi connectivity index (χ4n) is 3.59. The highest BCUT2D eigenvalue weighted by atomic mass is 16.5. The molecule has 0 bridgehead atoms. The number of ether oxygens (including phenoxy) is 1. The maximum atomic E-state index is 13.2. The molecule has 26 heavy (non-hydrogen) atoms. The summed E-state index contributed by atoms with van der Waals surface area (Å²) >= 11 is 0. The molecule has 0 saturated carbocycles. The van der Waals surface area contributed by atoms with E-state index in [-0.39, 0.29) is 5.91 Å². The van der Waals surface area contributed by atoms with Crippen molar-refractivity contribution < 1.29 is 9.53 Å². The van der Waals surface area contributed by atoms with Crippen LogP contribution in [0.3, 0.4) is 0 Å². The molecule has 1 amide bonds. The highest BCUT2D eigenvalue weighted by Crippen LogP contribution is 2.35. The Balaban J connectivity index is 1.80. The third-order valence-corrected chi connectivity index (χ3v) is 4.91. The summed E-state index contributed by atoms with van der Waals surface area (Å²) in [7, 11) is 0. The second-order valence-corrected chi connectivity index (χ2v) is 7.01. The Hall–Kier alpha value is -2.72. The molecule has 4 rings (SSSR count). The molecule has 4 heteroatoms. The lowest BCUT2D eigenvalue weighted by molar-refractivity contribution is -0.141. The monoisotopic (exact) mass is 346 g/mol. The molecule has 1 saturated heterocycles. The zero-order valence-electron chi connectivity index (χ0n) is 15.1. The van der Waals surface area contributed by atoms with Crippen molar-refractivity contribution in [2.45, 2.75) is 32.4 Å². The van der Waals surface area contributed by atoms with E-state index < -0.39 is 5.72 Å². The van der Waals surface area contributed by atoms with Crippen LogP contribution in [0.5, 0.6) is 0 Å². The zero-order chi connectivity index (χ0) is 18.1. The number of benzene rings is 2. The van der Waals surface area contributed by atoms with Gasteiger partial charge in [-0.05, 0) is 38.3 Å². The van der Waals surface area contributed by atoms with Crippen LogP contribution in [0.2, 0.25) is 0 Å². The summed E-state index contributed by atoms with van der Waals surface area (Å²) < 4.78 is 5.96. The van der Waals surface area contributed by atoms with Gasteiger partial charge in [0.15, 0.2) is 0 Å². The normalized spacial score (nSPS) is 24.4. The number of rotatable bonds is 3. The largest absolute Gasteiger partial charge is 0.355 e. The molecule has 1 unspecified atom stereocenters. The fourth-order valence-corrected chi connectivity index (χ4v) is 3.59. The Morgan fingerprint density at radius 3 is 2.65 bits per heavy atom. The van der Waals surface area contributed by atoms with Gasteiger partial charge in [0.1, 0.15) is 17.3 Å². The number of carbonyl (C=O) groups excluding carboxylic acids is 1. The van der Waals surface area contributed by atoms with Gasteiger partial charge < -0.3 is 4.74 Å². The van der Waals surface area contributed by atoms with Crippen molar-refractivity contribution in [1.29, 1.82) is 0 Å². The van der Waals surface area contributed by atoms with Gasteiger partial charge >= 0.3 is 0 Å². The van der Waals surface area contributed by atoms with Crippen LogP contribution in [0.1, 0.15) is 36.5 Å². The van der Waals surface area contributed by atoms with Gasteiger partial charge in [0, 0.05) is 12.2 Å². The molecule has 2 aromatic rings. The topological polar surface area (TPSA) is 41.9 Å². The summed E-state index contributed by atoms with van der Waals surface area (Å²) in [5.74, 6) is 0.564. The number of hydrogen-bond acceptors (Lipinski definition) is 3. The molecule has 1 fully saturated rings. The molecule has 0 spiro atoms. The molecular formula is C22H22N2O2. The number of amidine groups is 1. The van der Waals surface area contributed by atoms with Gasteiger partial charge in [-0.2, -0.15) is 0 Å². The van der Waals surface area contributed by atoms with Gasteiger partial charge in [-0.25, -0.2) is 4.99 Å². The summed E-state index contributed by atoms with van der Waals surface area (Å²) in [4.78, 5) is 19.7. The number of amides is 1. The van der Waals surface area contributed by atoms with Crippen LogP contribution in [0, 0.1) is 6.92 Å². The van der Waals surface area contributed by atoms with E-state index in [0.29, 0.717) is 18.1 Å². The second-order valence-electron chi connectivity index (χ2n) is 7.01. The predicted octanol–water partition coefficient (Wildman–Crippen LogP) is 4.15. The van der Waals surface area contributed by atoms with Crippen molar-refractivity contribution in [3.8, 4) is 0 Å². The van der Waals surface area contributed by atoms with Gasteiger partial charge in [0.2, 0.25) is 0 Å². The van der Waals surface area contributed by atoms with Crippen molar-refractivity contribution in [1.82, 2.24) is 4.90 Å². The first-order valence-electron chi connectivity index (χ1n) is 8.98. The van der Waals surface area contributed by atoms with Crippen LogP contribution in [0.25, 0.3) is 6.08 Å². The van der Waals surface area contributed by atoms with Gasteiger partial charge in [0.25, 0.3) is 5.91 Å². The van der Waals surface area contributed by atoms with E-state index in [9.17, 15) is 4.79 Å². The number of aliphatic imine (C=N–C) groups is 1. The lowest BCUT2D eigenvalue weighted by Crippen LogP contribution is -2.50. The maximum absolute atomic E-state index is 13.2. The Kier molecular flexibility index (Phi) is 4.21. The lowest BCUT2D eigenvalue weighted by atomic mass is 10.1. The Bertz CT molecular complexity index is 893. The summed E-state index contributed by atoms with van der Waals surface area (Å²) in [6.45, 7) is 4.68. The minimum Gasteiger partial charge on any atom is -0.355 e. The lowest BCUT2D eigenvalue weighted by Gasteiger charge is -2.34. The van der Waals surface area contributed by atoms with E-state index >= 15 is 0 Å².